The molecule has 3 rings (SSSR count). The smallest absolute Gasteiger partial charge is 0.270 e. The van der Waals surface area contributed by atoms with E-state index in [9.17, 15) is 4.79 Å². The van der Waals surface area contributed by atoms with Crippen molar-refractivity contribution < 1.29 is 4.79 Å². The number of aromatic amines is 1. The SMILES string of the molecule is CC[C@H](NC(=O)c1cc(-n2cccn2)ccn1)c1n[nH]c(C)n1. The first-order chi connectivity index (χ1) is 11.2. The van der Waals surface area contributed by atoms with Gasteiger partial charge >= 0.3 is 0 Å². The first-order valence-corrected chi connectivity index (χ1v) is 7.33. The van der Waals surface area contributed by atoms with Crippen LogP contribution in [0.3, 0.4) is 0 Å². The molecule has 0 aliphatic carbocycles. The maximum absolute atomic E-state index is 12.4. The van der Waals surface area contributed by atoms with E-state index in [1.54, 1.807) is 29.2 Å². The van der Waals surface area contributed by atoms with E-state index in [2.05, 4.69) is 30.6 Å². The second-order valence-corrected chi connectivity index (χ2v) is 5.06. The van der Waals surface area contributed by atoms with E-state index in [1.807, 2.05) is 26.1 Å². The van der Waals surface area contributed by atoms with Crippen molar-refractivity contribution in [2.75, 3.05) is 0 Å². The Morgan fingerprint density at radius 2 is 2.30 bits per heavy atom. The Morgan fingerprint density at radius 1 is 1.43 bits per heavy atom. The molecule has 0 fully saturated rings. The summed E-state index contributed by atoms with van der Waals surface area (Å²) in [6.45, 7) is 3.78. The number of nitrogens with zero attached hydrogens (tertiary/aromatic N) is 5. The zero-order valence-corrected chi connectivity index (χ0v) is 12.9. The number of H-pyrrole nitrogens is 1. The minimum atomic E-state index is -0.270. The number of pyridine rings is 1. The molecule has 118 valence electrons. The Morgan fingerprint density at radius 3 is 2.96 bits per heavy atom. The van der Waals surface area contributed by atoms with E-state index in [0.29, 0.717) is 23.8 Å². The first kappa shape index (κ1) is 14.9. The second-order valence-electron chi connectivity index (χ2n) is 5.06. The van der Waals surface area contributed by atoms with Gasteiger partial charge in [0.15, 0.2) is 5.82 Å². The molecule has 2 N–H and O–H groups in total. The quantitative estimate of drug-likeness (QED) is 0.745. The fourth-order valence-corrected chi connectivity index (χ4v) is 2.20. The third-order valence-corrected chi connectivity index (χ3v) is 3.38. The van der Waals surface area contributed by atoms with Crippen molar-refractivity contribution in [3.05, 3.63) is 54.1 Å². The van der Waals surface area contributed by atoms with Gasteiger partial charge in [0.2, 0.25) is 0 Å². The predicted molar refractivity (Wildman–Crippen MR) is 83.0 cm³/mol. The van der Waals surface area contributed by atoms with Gasteiger partial charge < -0.3 is 5.32 Å². The van der Waals surface area contributed by atoms with Crippen LogP contribution in [-0.2, 0) is 0 Å². The summed E-state index contributed by atoms with van der Waals surface area (Å²) in [6, 6.07) is 5.04. The molecule has 3 aromatic rings. The van der Waals surface area contributed by atoms with Crippen molar-refractivity contribution in [2.45, 2.75) is 26.3 Å². The van der Waals surface area contributed by atoms with Gasteiger partial charge in [-0.15, -0.1) is 0 Å². The van der Waals surface area contributed by atoms with Crippen molar-refractivity contribution in [1.82, 2.24) is 35.3 Å². The second kappa shape index (κ2) is 6.39. The lowest BCUT2D eigenvalue weighted by molar-refractivity contribution is 0.0928. The van der Waals surface area contributed by atoms with E-state index >= 15 is 0 Å². The lowest BCUT2D eigenvalue weighted by Crippen LogP contribution is -2.29. The number of amides is 1. The molecule has 0 aliphatic rings. The third kappa shape index (κ3) is 3.25. The molecule has 0 spiro atoms. The summed E-state index contributed by atoms with van der Waals surface area (Å²) in [5.41, 5.74) is 1.10. The molecule has 0 aromatic carbocycles. The van der Waals surface area contributed by atoms with Crippen LogP contribution >= 0.6 is 0 Å². The van der Waals surface area contributed by atoms with Crippen LogP contribution in [-0.4, -0.2) is 35.9 Å². The number of nitrogens with one attached hydrogen (secondary N) is 2. The van der Waals surface area contributed by atoms with Gasteiger partial charge in [0.1, 0.15) is 11.5 Å². The Kier molecular flexibility index (Phi) is 4.13. The molecule has 0 unspecified atom stereocenters. The molecule has 8 heteroatoms. The molecule has 0 saturated carbocycles. The fraction of sp³-hybridized carbons (Fsp3) is 0.267. The van der Waals surface area contributed by atoms with Gasteiger partial charge in [-0.3, -0.25) is 14.9 Å². The molecule has 3 aromatic heterocycles. The number of hydrogen-bond acceptors (Lipinski definition) is 5. The monoisotopic (exact) mass is 311 g/mol. The molecule has 1 amide bonds. The number of rotatable bonds is 5. The molecule has 3 heterocycles. The molecule has 0 aliphatic heterocycles. The summed E-state index contributed by atoms with van der Waals surface area (Å²) >= 11 is 0. The highest BCUT2D eigenvalue weighted by Crippen LogP contribution is 2.13. The molecule has 0 radical (unpaired) electrons. The molecule has 0 bridgehead atoms. The fourth-order valence-electron chi connectivity index (χ4n) is 2.20. The maximum Gasteiger partial charge on any atom is 0.270 e. The van der Waals surface area contributed by atoms with Crippen LogP contribution in [0.15, 0.2) is 36.8 Å². The Labute approximate surface area is 133 Å². The molecule has 23 heavy (non-hydrogen) atoms. The zero-order chi connectivity index (χ0) is 16.2. The minimum Gasteiger partial charge on any atom is -0.341 e. The van der Waals surface area contributed by atoms with Gasteiger partial charge in [-0.1, -0.05) is 6.92 Å². The number of aryl methyl sites for hydroxylation is 1. The van der Waals surface area contributed by atoms with E-state index in [-0.39, 0.29) is 11.9 Å². The van der Waals surface area contributed by atoms with Crippen molar-refractivity contribution >= 4 is 5.91 Å². The zero-order valence-electron chi connectivity index (χ0n) is 12.9. The largest absolute Gasteiger partial charge is 0.341 e. The average molecular weight is 311 g/mol. The van der Waals surface area contributed by atoms with E-state index < -0.39 is 0 Å². The summed E-state index contributed by atoms with van der Waals surface area (Å²) in [5.74, 6) is 1.02. The first-order valence-electron chi connectivity index (χ1n) is 7.33. The van der Waals surface area contributed by atoms with E-state index in [0.717, 1.165) is 5.69 Å². The Hall–Kier alpha value is -3.03. The summed E-state index contributed by atoms with van der Waals surface area (Å²) in [5, 5.41) is 13.9. The predicted octanol–water partition coefficient (Wildman–Crippen LogP) is 1.57. The minimum absolute atomic E-state index is 0.261. The highest BCUT2D eigenvalue weighted by molar-refractivity contribution is 5.92. The molecule has 0 saturated heterocycles. The van der Waals surface area contributed by atoms with Crippen LogP contribution in [0.25, 0.3) is 5.69 Å². The van der Waals surface area contributed by atoms with Crippen molar-refractivity contribution in [3.63, 3.8) is 0 Å². The highest BCUT2D eigenvalue weighted by Gasteiger charge is 2.18. The Bertz CT molecular complexity index is 794. The van der Waals surface area contributed by atoms with Crippen LogP contribution in [0.2, 0.25) is 0 Å². The average Bonchev–Trinajstić information content (AvgIpc) is 3.24. The molecule has 1 atom stereocenters. The summed E-state index contributed by atoms with van der Waals surface area (Å²) in [7, 11) is 0. The van der Waals surface area contributed by atoms with Gasteiger partial charge in [-0.05, 0) is 31.5 Å². The summed E-state index contributed by atoms with van der Waals surface area (Å²) in [4.78, 5) is 20.9. The normalized spacial score (nSPS) is 12.1. The van der Waals surface area contributed by atoms with Crippen LogP contribution in [0.1, 0.15) is 41.5 Å². The van der Waals surface area contributed by atoms with Gasteiger partial charge in [0.05, 0.1) is 11.7 Å². The van der Waals surface area contributed by atoms with E-state index in [4.69, 9.17) is 0 Å². The van der Waals surface area contributed by atoms with E-state index in [1.165, 1.54) is 0 Å². The lowest BCUT2D eigenvalue weighted by Gasteiger charge is -2.13. The van der Waals surface area contributed by atoms with Crippen molar-refractivity contribution in [2.24, 2.45) is 0 Å². The molecular weight excluding hydrogens is 294 g/mol. The summed E-state index contributed by atoms with van der Waals surface area (Å²) in [6.07, 6.45) is 5.76. The number of aromatic nitrogens is 6. The van der Waals surface area contributed by atoms with Crippen molar-refractivity contribution in [1.29, 1.82) is 0 Å². The summed E-state index contributed by atoms with van der Waals surface area (Å²) < 4.78 is 1.67. The maximum atomic E-state index is 12.4. The number of hydrogen-bond donors (Lipinski definition) is 2. The van der Waals surface area contributed by atoms with Gasteiger partial charge in [0.25, 0.3) is 5.91 Å². The van der Waals surface area contributed by atoms with Gasteiger partial charge in [-0.2, -0.15) is 10.2 Å². The molecule has 8 nitrogen and oxygen atoms in total. The lowest BCUT2D eigenvalue weighted by atomic mass is 10.2. The number of carbonyl (C=O) groups is 1. The number of carbonyl (C=O) groups excluding carboxylic acids is 1. The van der Waals surface area contributed by atoms with Crippen LogP contribution in [0.4, 0.5) is 0 Å². The Balaban J connectivity index is 1.79. The van der Waals surface area contributed by atoms with Crippen LogP contribution < -0.4 is 5.32 Å². The van der Waals surface area contributed by atoms with Gasteiger partial charge in [-0.25, -0.2) is 9.67 Å². The van der Waals surface area contributed by atoms with Crippen molar-refractivity contribution in [3.8, 4) is 5.69 Å². The molecular formula is C15H17N7O. The van der Waals surface area contributed by atoms with Crippen LogP contribution in [0.5, 0.6) is 0 Å². The standard InChI is InChI=1S/C15H17N7O/c1-3-12(14-18-10(2)20-21-14)19-15(23)13-9-11(5-7-16-13)22-8-4-6-17-22/h4-9,12H,3H2,1-2H3,(H,19,23)(H,18,20,21)/t12-/m0/s1. The third-order valence-electron chi connectivity index (χ3n) is 3.38. The topological polar surface area (TPSA) is 101 Å². The van der Waals surface area contributed by atoms with Crippen LogP contribution in [0, 0.1) is 6.92 Å². The highest BCUT2D eigenvalue weighted by atomic mass is 16.1. The van der Waals surface area contributed by atoms with Gasteiger partial charge in [0, 0.05) is 18.6 Å².